The van der Waals surface area contributed by atoms with Crippen LogP contribution in [0, 0.1) is 22.7 Å². The molecule has 0 aliphatic rings. The van der Waals surface area contributed by atoms with Gasteiger partial charge in [0.05, 0.1) is 12.1 Å². The Bertz CT molecular complexity index is 946. The first kappa shape index (κ1) is 32.0. The monoisotopic (exact) mass is 538 g/mol. The zero-order chi connectivity index (χ0) is 26.5. The highest BCUT2D eigenvalue weighted by atomic mass is 32.2. The van der Waals surface area contributed by atoms with Gasteiger partial charge < -0.3 is 0 Å². The molecule has 202 valence electrons. The van der Waals surface area contributed by atoms with E-state index in [-0.39, 0.29) is 22.9 Å². The lowest BCUT2D eigenvalue weighted by Gasteiger charge is -2.13. The van der Waals surface area contributed by atoms with Crippen LogP contribution in [0.1, 0.15) is 103 Å². The molecule has 1 aromatic rings. The maximum Gasteiger partial charge on any atom is 0.241 e. The minimum atomic E-state index is -3.95. The number of hydrogen-bond donors (Lipinski definition) is 2. The normalized spacial score (nSPS) is 11.7. The first-order valence-electron chi connectivity index (χ1n) is 13.2. The zero-order valence-corrected chi connectivity index (χ0v) is 23.0. The molecular formula is C26H42N4O4S2. The summed E-state index contributed by atoms with van der Waals surface area (Å²) < 4.78 is 56.4. The molecule has 8 nitrogen and oxygen atoms in total. The summed E-state index contributed by atoms with van der Waals surface area (Å²) in [5, 5.41) is 17.1. The molecule has 0 saturated heterocycles. The maximum atomic E-state index is 12.8. The van der Waals surface area contributed by atoms with E-state index in [0.717, 1.165) is 77.0 Å². The average molecular weight is 539 g/mol. The van der Waals surface area contributed by atoms with Gasteiger partial charge in [-0.05, 0) is 37.8 Å². The first-order chi connectivity index (χ1) is 17.3. The fourth-order valence-corrected chi connectivity index (χ4v) is 6.87. The van der Waals surface area contributed by atoms with Crippen molar-refractivity contribution in [2.75, 3.05) is 13.1 Å². The van der Waals surface area contributed by atoms with Gasteiger partial charge >= 0.3 is 0 Å². The van der Waals surface area contributed by atoms with Crippen molar-refractivity contribution in [3.8, 4) is 12.1 Å². The molecule has 1 rings (SSSR count). The lowest BCUT2D eigenvalue weighted by molar-refractivity contribution is 0.552. The van der Waals surface area contributed by atoms with Crippen molar-refractivity contribution in [2.45, 2.75) is 113 Å². The molecule has 0 amide bonds. The summed E-state index contributed by atoms with van der Waals surface area (Å²) >= 11 is 0. The Labute approximate surface area is 218 Å². The smallest absolute Gasteiger partial charge is 0.211 e. The number of hydrogen-bond acceptors (Lipinski definition) is 6. The van der Waals surface area contributed by atoms with Crippen molar-refractivity contribution >= 4 is 20.0 Å². The zero-order valence-electron chi connectivity index (χ0n) is 21.4. The third-order valence-electron chi connectivity index (χ3n) is 5.94. The first-order valence-corrected chi connectivity index (χ1v) is 16.1. The van der Waals surface area contributed by atoms with E-state index < -0.39 is 20.0 Å². The van der Waals surface area contributed by atoms with E-state index in [9.17, 15) is 16.8 Å². The molecule has 0 spiro atoms. The van der Waals surface area contributed by atoms with Crippen molar-refractivity contribution in [3.05, 3.63) is 24.3 Å². The van der Waals surface area contributed by atoms with E-state index in [1.165, 1.54) is 24.3 Å². The Morgan fingerprint density at radius 3 is 1.17 bits per heavy atom. The van der Waals surface area contributed by atoms with Crippen LogP contribution in [-0.2, 0) is 20.0 Å². The highest BCUT2D eigenvalue weighted by molar-refractivity contribution is 7.92. The molecule has 0 fully saturated rings. The van der Waals surface area contributed by atoms with Gasteiger partial charge in [-0.1, -0.05) is 76.3 Å². The van der Waals surface area contributed by atoms with Crippen LogP contribution in [0.15, 0.2) is 34.1 Å². The molecule has 0 atom stereocenters. The van der Waals surface area contributed by atoms with Gasteiger partial charge in [0.1, 0.15) is 9.79 Å². The molecule has 10 heteroatoms. The Morgan fingerprint density at radius 2 is 0.833 bits per heavy atom. The van der Waals surface area contributed by atoms with Crippen LogP contribution in [0.3, 0.4) is 0 Å². The van der Waals surface area contributed by atoms with Gasteiger partial charge in [-0.25, -0.2) is 26.3 Å². The molecule has 0 heterocycles. The number of sulfonamides is 2. The van der Waals surface area contributed by atoms with E-state index in [1.54, 1.807) is 0 Å². The average Bonchev–Trinajstić information content (AvgIpc) is 2.86. The third kappa shape index (κ3) is 13.9. The molecule has 0 aromatic heterocycles. The predicted octanol–water partition coefficient (Wildman–Crippen LogP) is 5.53. The fourth-order valence-electron chi connectivity index (χ4n) is 3.89. The minimum Gasteiger partial charge on any atom is -0.211 e. The van der Waals surface area contributed by atoms with E-state index >= 15 is 0 Å². The summed E-state index contributed by atoms with van der Waals surface area (Å²) in [6.07, 6.45) is 14.6. The Hall–Kier alpha value is -1.98. The Morgan fingerprint density at radius 1 is 0.528 bits per heavy atom. The Kier molecular flexibility index (Phi) is 17.1. The number of nitriles is 2. The van der Waals surface area contributed by atoms with Crippen molar-refractivity contribution in [3.63, 3.8) is 0 Å². The number of benzene rings is 1. The standard InChI is InChI=1S/C26H42N4O4S2/c27-21-15-9-5-1-3-7-11-17-23-29-35(31,32)25-19-13-14-20-26(25)36(33,34)30-24-18-12-8-4-2-6-10-16-22-28/h13-14,19-20,29-30H,1-12,15-18,23-24H2. The number of nitrogens with zero attached hydrogens (tertiary/aromatic N) is 2. The van der Waals surface area contributed by atoms with Gasteiger partial charge in [-0.2, -0.15) is 10.5 Å². The molecule has 0 bridgehead atoms. The van der Waals surface area contributed by atoms with Gasteiger partial charge in [-0.15, -0.1) is 0 Å². The molecular weight excluding hydrogens is 496 g/mol. The second-order valence-electron chi connectivity index (χ2n) is 9.01. The molecule has 2 N–H and O–H groups in total. The minimum absolute atomic E-state index is 0.229. The second-order valence-corrected chi connectivity index (χ2v) is 12.5. The molecule has 0 aliphatic heterocycles. The second kappa shape index (κ2) is 19.2. The lowest BCUT2D eigenvalue weighted by atomic mass is 10.1. The molecule has 0 unspecified atom stereocenters. The van der Waals surface area contributed by atoms with Crippen LogP contribution in [0.25, 0.3) is 0 Å². The van der Waals surface area contributed by atoms with Crippen molar-refractivity contribution < 1.29 is 16.8 Å². The lowest BCUT2D eigenvalue weighted by Crippen LogP contribution is -2.30. The van der Waals surface area contributed by atoms with E-state index in [0.29, 0.717) is 25.7 Å². The summed E-state index contributed by atoms with van der Waals surface area (Å²) in [5.41, 5.74) is 0. The number of nitrogens with one attached hydrogen (secondary N) is 2. The highest BCUT2D eigenvalue weighted by Crippen LogP contribution is 2.21. The van der Waals surface area contributed by atoms with Crippen LogP contribution >= 0.6 is 0 Å². The number of unbranched alkanes of at least 4 members (excludes halogenated alkanes) is 14. The Balaban J connectivity index is 2.42. The van der Waals surface area contributed by atoms with Crippen LogP contribution in [0.2, 0.25) is 0 Å². The summed E-state index contributed by atoms with van der Waals surface area (Å²) in [7, 11) is -7.91. The van der Waals surface area contributed by atoms with E-state index in [1.807, 2.05) is 0 Å². The fraction of sp³-hybridized carbons (Fsp3) is 0.692. The summed E-state index contributed by atoms with van der Waals surface area (Å²) in [4.78, 5) is -0.459. The van der Waals surface area contributed by atoms with E-state index in [2.05, 4.69) is 21.6 Å². The van der Waals surface area contributed by atoms with Gasteiger partial charge in [0.2, 0.25) is 20.0 Å². The van der Waals surface area contributed by atoms with Crippen LogP contribution in [0.5, 0.6) is 0 Å². The summed E-state index contributed by atoms with van der Waals surface area (Å²) in [6.45, 7) is 0.518. The van der Waals surface area contributed by atoms with Crippen LogP contribution < -0.4 is 9.44 Å². The van der Waals surface area contributed by atoms with Crippen LogP contribution in [-0.4, -0.2) is 29.9 Å². The van der Waals surface area contributed by atoms with E-state index in [4.69, 9.17) is 10.5 Å². The molecule has 1 aromatic carbocycles. The molecule has 0 aliphatic carbocycles. The van der Waals surface area contributed by atoms with Crippen molar-refractivity contribution in [2.24, 2.45) is 0 Å². The molecule has 0 saturated carbocycles. The van der Waals surface area contributed by atoms with Crippen molar-refractivity contribution in [1.29, 1.82) is 10.5 Å². The summed E-state index contributed by atoms with van der Waals surface area (Å²) in [5.74, 6) is 0. The SMILES string of the molecule is N#CCCCCCCCCCNS(=O)(=O)c1ccccc1S(=O)(=O)NCCCCCCCCCC#N. The van der Waals surface area contributed by atoms with Gasteiger partial charge in [0, 0.05) is 25.9 Å². The van der Waals surface area contributed by atoms with Crippen LogP contribution in [0.4, 0.5) is 0 Å². The van der Waals surface area contributed by atoms with Crippen molar-refractivity contribution in [1.82, 2.24) is 9.44 Å². The highest BCUT2D eigenvalue weighted by Gasteiger charge is 2.25. The number of rotatable bonds is 22. The van der Waals surface area contributed by atoms with Gasteiger partial charge in [0.15, 0.2) is 0 Å². The maximum absolute atomic E-state index is 12.8. The third-order valence-corrected chi connectivity index (χ3v) is 9.11. The van der Waals surface area contributed by atoms with Gasteiger partial charge in [0.25, 0.3) is 0 Å². The molecule has 0 radical (unpaired) electrons. The topological polar surface area (TPSA) is 140 Å². The largest absolute Gasteiger partial charge is 0.241 e. The predicted molar refractivity (Wildman–Crippen MR) is 142 cm³/mol. The van der Waals surface area contributed by atoms with Gasteiger partial charge in [-0.3, -0.25) is 0 Å². The molecule has 36 heavy (non-hydrogen) atoms. The summed E-state index contributed by atoms with van der Waals surface area (Å²) in [6, 6.07) is 9.97. The quantitative estimate of drug-likeness (QED) is 0.186.